The molecule has 0 spiro atoms. The highest BCUT2D eigenvalue weighted by Crippen LogP contribution is 2.34. The van der Waals surface area contributed by atoms with Gasteiger partial charge in [-0.05, 0) is 36.3 Å². The molecule has 0 saturated carbocycles. The van der Waals surface area contributed by atoms with Gasteiger partial charge in [-0.2, -0.15) is 0 Å². The summed E-state index contributed by atoms with van der Waals surface area (Å²) in [6, 6.07) is 6.63. The summed E-state index contributed by atoms with van der Waals surface area (Å²) in [5.41, 5.74) is 7.09. The molecule has 31 heavy (non-hydrogen) atoms. The summed E-state index contributed by atoms with van der Waals surface area (Å²) in [6.07, 6.45) is 1.04. The van der Waals surface area contributed by atoms with Crippen LogP contribution in [0.5, 0.6) is 0 Å². The molecule has 4 atom stereocenters. The molecule has 8 nitrogen and oxygen atoms in total. The van der Waals surface area contributed by atoms with Crippen molar-refractivity contribution in [3.05, 3.63) is 29.8 Å². The molecule has 9 heteroatoms. The van der Waals surface area contributed by atoms with Crippen molar-refractivity contribution < 1.29 is 28.2 Å². The zero-order valence-corrected chi connectivity index (χ0v) is 19.4. The number of hydrogen-bond acceptors (Lipinski definition) is 6. The van der Waals surface area contributed by atoms with Crippen LogP contribution in [-0.2, 0) is 25.8 Å². The van der Waals surface area contributed by atoms with Crippen LogP contribution in [0.25, 0.3) is 0 Å². The van der Waals surface area contributed by atoms with Gasteiger partial charge in [0.2, 0.25) is 5.91 Å². The molecular weight excluding hydrogens is 420 g/mol. The van der Waals surface area contributed by atoms with E-state index in [4.69, 9.17) is 10.8 Å². The first kappa shape index (κ1) is 25.3. The Hall–Kier alpha value is -1.97. The van der Waals surface area contributed by atoms with Crippen molar-refractivity contribution in [1.82, 2.24) is 0 Å². The fraction of sp³-hybridized carbons (Fsp3) is 0.636. The fourth-order valence-corrected chi connectivity index (χ4v) is 4.97. The lowest BCUT2D eigenvalue weighted by Crippen LogP contribution is -2.47. The van der Waals surface area contributed by atoms with Gasteiger partial charge in [-0.15, -0.1) is 0 Å². The Kier molecular flexibility index (Phi) is 7.89. The monoisotopic (exact) mass is 454 g/mol. The summed E-state index contributed by atoms with van der Waals surface area (Å²) in [4.78, 5) is 25.8. The molecule has 4 N–H and O–H groups in total. The Bertz CT molecular complexity index is 914. The molecule has 2 rings (SSSR count). The molecule has 0 fully saturated rings. The first-order valence-corrected chi connectivity index (χ1v) is 12.4. The Morgan fingerprint density at radius 3 is 2.48 bits per heavy atom. The lowest BCUT2D eigenvalue weighted by atomic mass is 9.80. The number of amides is 1. The summed E-state index contributed by atoms with van der Waals surface area (Å²) < 4.78 is 24.4. The van der Waals surface area contributed by atoms with Gasteiger partial charge in [0, 0.05) is 31.0 Å². The van der Waals surface area contributed by atoms with Crippen LogP contribution in [0, 0.1) is 11.3 Å². The van der Waals surface area contributed by atoms with E-state index in [2.05, 4.69) is 0 Å². The molecular formula is C22H34N2O6S. The molecule has 0 unspecified atom stereocenters. The van der Waals surface area contributed by atoms with E-state index in [1.54, 1.807) is 4.90 Å². The van der Waals surface area contributed by atoms with Crippen molar-refractivity contribution in [1.29, 1.82) is 0 Å². The number of aliphatic hydroxyl groups excluding tert-OH is 1. The molecule has 0 radical (unpaired) electrons. The number of carbonyl (C=O) groups excluding carboxylic acids is 1. The first-order chi connectivity index (χ1) is 14.2. The maximum absolute atomic E-state index is 13.2. The van der Waals surface area contributed by atoms with E-state index in [9.17, 15) is 23.1 Å². The first-order valence-electron chi connectivity index (χ1n) is 10.4. The number of rotatable bonds is 9. The Balaban J connectivity index is 2.12. The number of nitrogens with zero attached hydrogens (tertiary/aromatic N) is 1. The number of anilines is 1. The standard InChI is InChI=1S/C22H34N2O6S/c1-14(21(27)28)9-19(25)17(23)11-22(2,3)12-20(26)24-13-16(31(4,29)30)10-15-7-5-6-8-18(15)24/h5-8,14,16-17,19,25H,9-13,23H2,1-4H3,(H,27,28)/t14-,16-,17+,19+/m1/s1. The van der Waals surface area contributed by atoms with Crippen molar-refractivity contribution in [2.24, 2.45) is 17.1 Å². The van der Waals surface area contributed by atoms with Crippen LogP contribution in [-0.4, -0.2) is 60.7 Å². The van der Waals surface area contributed by atoms with E-state index in [-0.39, 0.29) is 25.3 Å². The predicted molar refractivity (Wildman–Crippen MR) is 120 cm³/mol. The van der Waals surface area contributed by atoms with Crippen molar-refractivity contribution in [2.75, 3.05) is 17.7 Å². The van der Waals surface area contributed by atoms with Crippen molar-refractivity contribution in [3.63, 3.8) is 0 Å². The highest BCUT2D eigenvalue weighted by atomic mass is 32.2. The smallest absolute Gasteiger partial charge is 0.306 e. The van der Waals surface area contributed by atoms with Crippen LogP contribution in [0.15, 0.2) is 24.3 Å². The number of nitrogens with two attached hydrogens (primary N) is 1. The van der Waals surface area contributed by atoms with Crippen LogP contribution in [0.2, 0.25) is 0 Å². The molecule has 1 amide bonds. The van der Waals surface area contributed by atoms with Gasteiger partial charge in [-0.25, -0.2) is 8.42 Å². The Morgan fingerprint density at radius 1 is 1.29 bits per heavy atom. The van der Waals surface area contributed by atoms with Crippen molar-refractivity contribution >= 4 is 27.4 Å². The average molecular weight is 455 g/mol. The lowest BCUT2D eigenvalue weighted by Gasteiger charge is -2.37. The van der Waals surface area contributed by atoms with Gasteiger partial charge in [0.25, 0.3) is 0 Å². The maximum atomic E-state index is 13.2. The SMILES string of the molecule is C[C@H](C[C@H](O)[C@@H](N)CC(C)(C)CC(=O)N1C[C@H](S(C)(=O)=O)Cc2ccccc21)C(=O)O. The molecule has 1 aliphatic heterocycles. The third-order valence-corrected chi connectivity index (χ3v) is 7.48. The van der Waals surface area contributed by atoms with Crippen LogP contribution in [0.3, 0.4) is 0 Å². The topological polar surface area (TPSA) is 138 Å². The van der Waals surface area contributed by atoms with Crippen molar-refractivity contribution in [2.45, 2.75) is 63.9 Å². The van der Waals surface area contributed by atoms with Crippen LogP contribution in [0.4, 0.5) is 5.69 Å². The predicted octanol–water partition coefficient (Wildman–Crippen LogP) is 1.59. The quantitative estimate of drug-likeness (QED) is 0.515. The van der Waals surface area contributed by atoms with E-state index in [0.29, 0.717) is 12.8 Å². The van der Waals surface area contributed by atoms with Gasteiger partial charge in [-0.3, -0.25) is 9.59 Å². The van der Waals surface area contributed by atoms with E-state index < -0.39 is 44.5 Å². The second kappa shape index (κ2) is 9.67. The summed E-state index contributed by atoms with van der Waals surface area (Å²) in [5, 5.41) is 18.7. The third kappa shape index (κ3) is 6.75. The molecule has 1 aromatic rings. The van der Waals surface area contributed by atoms with E-state index in [1.165, 1.54) is 13.2 Å². The van der Waals surface area contributed by atoms with Gasteiger partial charge in [0.15, 0.2) is 9.84 Å². The summed E-state index contributed by atoms with van der Waals surface area (Å²) in [7, 11) is -3.32. The van der Waals surface area contributed by atoms with E-state index in [1.807, 2.05) is 38.1 Å². The third-order valence-electron chi connectivity index (χ3n) is 5.95. The summed E-state index contributed by atoms with van der Waals surface area (Å²) in [5.74, 6) is -1.92. The van der Waals surface area contributed by atoms with Gasteiger partial charge >= 0.3 is 5.97 Å². The molecule has 0 aromatic heterocycles. The van der Waals surface area contributed by atoms with E-state index in [0.717, 1.165) is 11.3 Å². The zero-order valence-electron chi connectivity index (χ0n) is 18.6. The number of carboxylic acid groups (broad SMARTS) is 1. The number of carboxylic acids is 1. The van der Waals surface area contributed by atoms with Crippen molar-refractivity contribution in [3.8, 4) is 0 Å². The molecule has 174 valence electrons. The number of benzene rings is 1. The lowest BCUT2D eigenvalue weighted by molar-refractivity contribution is -0.142. The fourth-order valence-electron chi connectivity index (χ4n) is 4.07. The number of aliphatic carboxylic acids is 1. The highest BCUT2D eigenvalue weighted by Gasteiger charge is 2.36. The molecule has 1 aliphatic rings. The molecule has 0 saturated heterocycles. The number of hydrogen-bond donors (Lipinski definition) is 3. The summed E-state index contributed by atoms with van der Waals surface area (Å²) >= 11 is 0. The minimum absolute atomic E-state index is 0.0378. The second-order valence-electron chi connectivity index (χ2n) is 9.54. The number of sulfone groups is 1. The Labute approximate surface area is 184 Å². The molecule has 0 aliphatic carbocycles. The Morgan fingerprint density at radius 2 is 1.90 bits per heavy atom. The highest BCUT2D eigenvalue weighted by molar-refractivity contribution is 7.91. The molecule has 1 heterocycles. The second-order valence-corrected chi connectivity index (χ2v) is 11.9. The average Bonchev–Trinajstić information content (AvgIpc) is 2.65. The number of carbonyl (C=O) groups is 2. The maximum Gasteiger partial charge on any atom is 0.306 e. The molecule has 1 aromatic carbocycles. The largest absolute Gasteiger partial charge is 0.481 e. The normalized spacial score (nSPS) is 19.9. The van der Waals surface area contributed by atoms with Crippen LogP contribution >= 0.6 is 0 Å². The number of fused-ring (bicyclic) bond motifs is 1. The van der Waals surface area contributed by atoms with Crippen LogP contribution < -0.4 is 10.6 Å². The van der Waals surface area contributed by atoms with Gasteiger partial charge in [0.1, 0.15) is 0 Å². The summed E-state index contributed by atoms with van der Waals surface area (Å²) in [6.45, 7) is 5.35. The zero-order chi connectivity index (χ0) is 23.6. The minimum atomic E-state index is -3.32. The van der Waals surface area contributed by atoms with E-state index >= 15 is 0 Å². The minimum Gasteiger partial charge on any atom is -0.481 e. The molecule has 0 bridgehead atoms. The van der Waals surface area contributed by atoms with Gasteiger partial charge in [-0.1, -0.05) is 39.0 Å². The number of aliphatic hydroxyl groups is 1. The van der Waals surface area contributed by atoms with Gasteiger partial charge < -0.3 is 20.8 Å². The van der Waals surface area contributed by atoms with Crippen LogP contribution in [0.1, 0.15) is 45.6 Å². The van der Waals surface area contributed by atoms with Gasteiger partial charge in [0.05, 0.1) is 17.3 Å². The number of para-hydroxylation sites is 1.